The van der Waals surface area contributed by atoms with Crippen LogP contribution in [0.15, 0.2) is 68.7 Å². The van der Waals surface area contributed by atoms with Gasteiger partial charge in [0.25, 0.3) is 0 Å². The predicted molar refractivity (Wildman–Crippen MR) is 162 cm³/mol. The number of nitrogens with one attached hydrogen (secondary N) is 2. The average molecular weight is 585 g/mol. The van der Waals surface area contributed by atoms with Gasteiger partial charge < -0.3 is 15.3 Å². The maximum absolute atomic E-state index is 12.2. The van der Waals surface area contributed by atoms with Gasteiger partial charge in [-0.1, -0.05) is 87.0 Å². The number of nitrogens with zero attached hydrogens (tertiary/aromatic N) is 2. The summed E-state index contributed by atoms with van der Waals surface area (Å²) in [6, 6.07) is 0. The van der Waals surface area contributed by atoms with Gasteiger partial charge in [-0.2, -0.15) is 0 Å². The van der Waals surface area contributed by atoms with Crippen LogP contribution in [-0.4, -0.2) is 39.8 Å². The molecule has 0 aromatic rings. The Kier molecular flexibility index (Phi) is 17.5. The first-order valence-electron chi connectivity index (χ1n) is 15.4. The molecule has 0 unspecified atom stereocenters. The smallest absolute Gasteiger partial charge is 0.309 e. The zero-order chi connectivity index (χ0) is 30.4. The van der Waals surface area contributed by atoms with Gasteiger partial charge in [-0.05, 0) is 67.2 Å². The van der Waals surface area contributed by atoms with E-state index in [1.165, 1.54) is 25.7 Å². The molecule has 0 spiro atoms. The van der Waals surface area contributed by atoms with Gasteiger partial charge in [-0.15, -0.1) is 5.11 Å². The Morgan fingerprint density at radius 1 is 0.667 bits per heavy atom. The summed E-state index contributed by atoms with van der Waals surface area (Å²) in [5.74, 6) is -3.53. The van der Waals surface area contributed by atoms with E-state index in [9.17, 15) is 29.7 Å². The zero-order valence-corrected chi connectivity index (χ0v) is 24.8. The van der Waals surface area contributed by atoms with E-state index in [-0.39, 0.29) is 11.3 Å². The topological polar surface area (TPSA) is 161 Å². The molecule has 2 rings (SSSR count). The van der Waals surface area contributed by atoms with E-state index in [0.717, 1.165) is 68.9 Å². The number of allylic oxidation sites excluding steroid dienone is 7. The molecule has 0 aromatic heterocycles. The third-order valence-electron chi connectivity index (χ3n) is 7.44. The minimum absolute atomic E-state index is 0.0703. The number of hydrogen-bond acceptors (Lipinski definition) is 7. The molecule has 0 fully saturated rings. The van der Waals surface area contributed by atoms with Gasteiger partial charge >= 0.3 is 17.9 Å². The molecular weight excluding hydrogens is 536 g/mol. The highest BCUT2D eigenvalue weighted by Gasteiger charge is 2.24. The fraction of sp³-hybridized carbons (Fsp3) is 0.594. The molecule has 232 valence electrons. The van der Waals surface area contributed by atoms with Gasteiger partial charge in [0.15, 0.2) is 0 Å². The highest BCUT2D eigenvalue weighted by Crippen LogP contribution is 2.35. The highest BCUT2D eigenvalue weighted by atomic mass is 16.4. The second-order valence-corrected chi connectivity index (χ2v) is 10.9. The molecule has 1 aliphatic carbocycles. The highest BCUT2D eigenvalue weighted by molar-refractivity contribution is 5.79. The molecule has 0 radical (unpaired) electrons. The van der Waals surface area contributed by atoms with Gasteiger partial charge in [0.2, 0.25) is 0 Å². The molecular formula is C32H48N4O6. The average Bonchev–Trinajstić information content (AvgIpc) is 2.94. The van der Waals surface area contributed by atoms with Crippen LogP contribution in [0.5, 0.6) is 0 Å². The Hall–Kier alpha value is -3.53. The van der Waals surface area contributed by atoms with Crippen molar-refractivity contribution in [2.45, 2.75) is 116 Å². The fourth-order valence-electron chi connectivity index (χ4n) is 5.36. The number of hydrazine groups is 1. The van der Waals surface area contributed by atoms with Crippen LogP contribution in [0.2, 0.25) is 0 Å². The molecule has 5 N–H and O–H groups in total. The van der Waals surface area contributed by atoms with Gasteiger partial charge in [0.1, 0.15) is 0 Å². The SMILES string of the molecule is O=C(O)C/C1=C(CC(=O)O)/C(CC(=O)O)=C(/C2=C/C=C\C=C/CCCCCCCCC2)CCCCCCCNNN=N1. The van der Waals surface area contributed by atoms with E-state index < -0.39 is 37.2 Å². The van der Waals surface area contributed by atoms with Crippen molar-refractivity contribution < 1.29 is 29.7 Å². The van der Waals surface area contributed by atoms with E-state index in [1.54, 1.807) is 0 Å². The largest absolute Gasteiger partial charge is 0.481 e. The van der Waals surface area contributed by atoms with Crippen LogP contribution in [0.1, 0.15) is 116 Å². The minimum Gasteiger partial charge on any atom is -0.481 e. The third-order valence-corrected chi connectivity index (χ3v) is 7.44. The number of carbonyl (C=O) groups is 3. The number of rotatable bonds is 7. The Morgan fingerprint density at radius 3 is 1.95 bits per heavy atom. The van der Waals surface area contributed by atoms with Crippen molar-refractivity contribution in [3.05, 3.63) is 58.4 Å². The number of hydrogen-bond donors (Lipinski definition) is 5. The van der Waals surface area contributed by atoms with Crippen LogP contribution in [0.3, 0.4) is 0 Å². The first-order valence-corrected chi connectivity index (χ1v) is 15.4. The monoisotopic (exact) mass is 584 g/mol. The molecule has 42 heavy (non-hydrogen) atoms. The summed E-state index contributed by atoms with van der Waals surface area (Å²) in [4.78, 5) is 36.2. The summed E-state index contributed by atoms with van der Waals surface area (Å²) in [6.45, 7) is 0.639. The van der Waals surface area contributed by atoms with Crippen LogP contribution in [0.25, 0.3) is 0 Å². The van der Waals surface area contributed by atoms with Crippen LogP contribution >= 0.6 is 0 Å². The van der Waals surface area contributed by atoms with Crippen molar-refractivity contribution in [3.8, 4) is 0 Å². The first kappa shape index (κ1) is 34.7. The summed E-state index contributed by atoms with van der Waals surface area (Å²) < 4.78 is 0. The van der Waals surface area contributed by atoms with Crippen molar-refractivity contribution in [1.82, 2.24) is 11.0 Å². The van der Waals surface area contributed by atoms with Crippen LogP contribution in [0, 0.1) is 0 Å². The van der Waals surface area contributed by atoms with Crippen molar-refractivity contribution in [3.63, 3.8) is 0 Å². The minimum atomic E-state index is -1.21. The lowest BCUT2D eigenvalue weighted by atomic mass is 9.84. The van der Waals surface area contributed by atoms with Gasteiger partial charge in [0, 0.05) is 6.54 Å². The fourth-order valence-corrected chi connectivity index (χ4v) is 5.36. The van der Waals surface area contributed by atoms with Crippen molar-refractivity contribution in [2.75, 3.05) is 6.54 Å². The molecule has 0 saturated carbocycles. The maximum Gasteiger partial charge on any atom is 0.309 e. The Morgan fingerprint density at radius 2 is 1.26 bits per heavy atom. The van der Waals surface area contributed by atoms with Crippen molar-refractivity contribution in [1.29, 1.82) is 0 Å². The number of carboxylic acid groups (broad SMARTS) is 3. The lowest BCUT2D eigenvalue weighted by Gasteiger charge is -2.21. The van der Waals surface area contributed by atoms with Crippen LogP contribution in [0.4, 0.5) is 0 Å². The number of carboxylic acids is 3. The molecule has 10 heteroatoms. The molecule has 0 amide bonds. The molecule has 0 aromatic carbocycles. The zero-order valence-electron chi connectivity index (χ0n) is 24.8. The summed E-state index contributed by atoms with van der Waals surface area (Å²) in [7, 11) is 0. The molecule has 10 nitrogen and oxygen atoms in total. The molecule has 1 aliphatic heterocycles. The Bertz CT molecular complexity index is 1070. The third kappa shape index (κ3) is 14.9. The van der Waals surface area contributed by atoms with Crippen molar-refractivity contribution >= 4 is 17.9 Å². The standard InChI is InChI=1S/C32H48N4O6/c37-30(38)22-27-26(25-18-14-10-7-5-3-1-2-4-6-8-11-15-19-25)20-16-12-9-13-17-21-33-35-36-34-29(24-32(41)42)28(27)23-31(39)40/h5,7,10,14,18H,1-4,6,8-9,11-13,15-17,19-24H2,(H,33,36)(H,34,35)(H,37,38)(H,39,40)(H,41,42)/b7-5-,14-10-,25-18+,27-26+,29-28-. The Balaban J connectivity index is 2.78. The van der Waals surface area contributed by atoms with E-state index in [4.69, 9.17) is 0 Å². The molecule has 2 aliphatic rings. The molecule has 0 saturated heterocycles. The summed E-state index contributed by atoms with van der Waals surface area (Å²) in [6.07, 6.45) is 23.4. The van der Waals surface area contributed by atoms with E-state index >= 15 is 0 Å². The van der Waals surface area contributed by atoms with Gasteiger partial charge in [0.05, 0.1) is 25.0 Å². The van der Waals surface area contributed by atoms with Crippen LogP contribution in [-0.2, 0) is 14.4 Å². The Labute approximate surface area is 249 Å². The van der Waals surface area contributed by atoms with E-state index in [1.807, 2.05) is 24.3 Å². The predicted octanol–water partition coefficient (Wildman–Crippen LogP) is 7.34. The molecule has 0 atom stereocenters. The lowest BCUT2D eigenvalue weighted by Crippen LogP contribution is -2.27. The van der Waals surface area contributed by atoms with E-state index in [2.05, 4.69) is 27.4 Å². The summed E-state index contributed by atoms with van der Waals surface area (Å²) in [5.41, 5.74) is 7.60. The van der Waals surface area contributed by atoms with Gasteiger partial charge in [-0.3, -0.25) is 14.4 Å². The normalized spacial score (nSPS) is 25.7. The first-order chi connectivity index (χ1) is 20.4. The molecule has 0 bridgehead atoms. The summed E-state index contributed by atoms with van der Waals surface area (Å²) in [5, 5.41) is 37.5. The second kappa shape index (κ2) is 21.2. The van der Waals surface area contributed by atoms with E-state index in [0.29, 0.717) is 25.0 Å². The van der Waals surface area contributed by atoms with Gasteiger partial charge in [-0.25, -0.2) is 11.0 Å². The summed E-state index contributed by atoms with van der Waals surface area (Å²) >= 11 is 0. The number of aliphatic carboxylic acids is 3. The lowest BCUT2D eigenvalue weighted by molar-refractivity contribution is -0.138. The maximum atomic E-state index is 12.2. The second-order valence-electron chi connectivity index (χ2n) is 10.9. The molecule has 1 heterocycles. The van der Waals surface area contributed by atoms with Crippen molar-refractivity contribution in [2.24, 2.45) is 10.3 Å². The van der Waals surface area contributed by atoms with Crippen LogP contribution < -0.4 is 11.0 Å². The quantitative estimate of drug-likeness (QED) is 0.208.